The summed E-state index contributed by atoms with van der Waals surface area (Å²) in [5, 5.41) is 3.04. The molecular formula is C15H22N2O2. The lowest BCUT2D eigenvalue weighted by Gasteiger charge is -2.19. The molecule has 2 atom stereocenters. The van der Waals surface area contributed by atoms with Crippen LogP contribution in [0.5, 0.6) is 0 Å². The van der Waals surface area contributed by atoms with Gasteiger partial charge in [-0.25, -0.2) is 0 Å². The van der Waals surface area contributed by atoms with Gasteiger partial charge in [0.1, 0.15) is 0 Å². The minimum absolute atomic E-state index is 0.0750. The smallest absolute Gasteiger partial charge is 0.225 e. The molecule has 0 aromatic carbocycles. The van der Waals surface area contributed by atoms with E-state index in [4.69, 9.17) is 0 Å². The van der Waals surface area contributed by atoms with Gasteiger partial charge in [0.2, 0.25) is 11.8 Å². The summed E-state index contributed by atoms with van der Waals surface area (Å²) in [6.07, 6.45) is 10.4. The van der Waals surface area contributed by atoms with Gasteiger partial charge in [-0.3, -0.25) is 9.59 Å². The topological polar surface area (TPSA) is 49.4 Å². The lowest BCUT2D eigenvalue weighted by atomic mass is 9.94. The Bertz CT molecular complexity index is 401. The number of rotatable bonds is 4. The summed E-state index contributed by atoms with van der Waals surface area (Å²) in [5.74, 6) is 0.701. The van der Waals surface area contributed by atoms with Crippen molar-refractivity contribution in [3.63, 3.8) is 0 Å². The maximum absolute atomic E-state index is 12.1. The second kappa shape index (κ2) is 5.35. The zero-order valence-corrected chi connectivity index (χ0v) is 11.3. The van der Waals surface area contributed by atoms with Crippen molar-refractivity contribution in [2.45, 2.75) is 44.6 Å². The van der Waals surface area contributed by atoms with Gasteiger partial charge in [-0.1, -0.05) is 12.2 Å². The molecule has 4 nitrogen and oxygen atoms in total. The van der Waals surface area contributed by atoms with Crippen LogP contribution in [0.25, 0.3) is 0 Å². The molecule has 2 amide bonds. The summed E-state index contributed by atoms with van der Waals surface area (Å²) in [5.41, 5.74) is 0. The van der Waals surface area contributed by atoms with E-state index in [9.17, 15) is 9.59 Å². The van der Waals surface area contributed by atoms with Gasteiger partial charge in [-0.15, -0.1) is 0 Å². The lowest BCUT2D eigenvalue weighted by Crippen LogP contribution is -2.36. The van der Waals surface area contributed by atoms with Crippen LogP contribution in [-0.4, -0.2) is 35.8 Å². The molecule has 0 bridgehead atoms. The standard InChI is InChI=1S/C15H22N2O2/c18-14-8-12(10-17(14)13-6-7-13)15(19)16-9-11-4-2-1-3-5-11/h1-2,11-13H,3-10H2,(H,16,19)/t11-,12-/m1/s1. The van der Waals surface area contributed by atoms with Gasteiger partial charge in [-0.2, -0.15) is 0 Å². The molecule has 0 aromatic heterocycles. The first-order valence-electron chi connectivity index (χ1n) is 7.46. The average Bonchev–Trinajstić information content (AvgIpc) is 3.20. The predicted octanol–water partition coefficient (Wildman–Crippen LogP) is 1.47. The van der Waals surface area contributed by atoms with E-state index in [0.29, 0.717) is 24.9 Å². The minimum Gasteiger partial charge on any atom is -0.356 e. The van der Waals surface area contributed by atoms with Crippen LogP contribution in [0.4, 0.5) is 0 Å². The monoisotopic (exact) mass is 262 g/mol. The van der Waals surface area contributed by atoms with Crippen LogP contribution in [0, 0.1) is 11.8 Å². The first kappa shape index (κ1) is 12.7. The maximum atomic E-state index is 12.1. The van der Waals surface area contributed by atoms with E-state index in [-0.39, 0.29) is 17.7 Å². The zero-order valence-electron chi connectivity index (χ0n) is 11.3. The van der Waals surface area contributed by atoms with Crippen molar-refractivity contribution in [2.24, 2.45) is 11.8 Å². The zero-order chi connectivity index (χ0) is 13.2. The number of allylic oxidation sites excluding steroid dienone is 2. The molecule has 1 heterocycles. The molecule has 1 saturated heterocycles. The molecule has 104 valence electrons. The third-order valence-electron chi connectivity index (χ3n) is 4.46. The van der Waals surface area contributed by atoms with E-state index in [2.05, 4.69) is 17.5 Å². The fourth-order valence-electron chi connectivity index (χ4n) is 3.08. The van der Waals surface area contributed by atoms with Crippen molar-refractivity contribution in [1.29, 1.82) is 0 Å². The van der Waals surface area contributed by atoms with Crippen LogP contribution in [0.2, 0.25) is 0 Å². The molecule has 0 unspecified atom stereocenters. The second-order valence-electron chi connectivity index (χ2n) is 6.07. The number of amides is 2. The fourth-order valence-corrected chi connectivity index (χ4v) is 3.08. The van der Waals surface area contributed by atoms with Gasteiger partial charge in [0.05, 0.1) is 5.92 Å². The third-order valence-corrected chi connectivity index (χ3v) is 4.46. The quantitative estimate of drug-likeness (QED) is 0.780. The van der Waals surface area contributed by atoms with Gasteiger partial charge >= 0.3 is 0 Å². The second-order valence-corrected chi connectivity index (χ2v) is 6.07. The first-order valence-corrected chi connectivity index (χ1v) is 7.46. The number of carbonyl (C=O) groups excluding carboxylic acids is 2. The number of nitrogens with one attached hydrogen (secondary N) is 1. The van der Waals surface area contributed by atoms with Crippen LogP contribution in [0.3, 0.4) is 0 Å². The Morgan fingerprint density at radius 2 is 2.16 bits per heavy atom. The number of carbonyl (C=O) groups is 2. The van der Waals surface area contributed by atoms with Crippen molar-refractivity contribution < 1.29 is 9.59 Å². The molecule has 0 radical (unpaired) electrons. The first-order chi connectivity index (χ1) is 9.24. The molecule has 3 rings (SSSR count). The molecular weight excluding hydrogens is 240 g/mol. The van der Waals surface area contributed by atoms with Crippen molar-refractivity contribution in [1.82, 2.24) is 10.2 Å². The highest BCUT2D eigenvalue weighted by molar-refractivity contribution is 5.89. The maximum Gasteiger partial charge on any atom is 0.225 e. The molecule has 2 aliphatic carbocycles. The van der Waals surface area contributed by atoms with Crippen LogP contribution in [-0.2, 0) is 9.59 Å². The summed E-state index contributed by atoms with van der Waals surface area (Å²) in [7, 11) is 0. The number of hydrogen-bond acceptors (Lipinski definition) is 2. The Kier molecular flexibility index (Phi) is 3.58. The van der Waals surface area contributed by atoms with E-state index in [1.54, 1.807) is 0 Å². The fraction of sp³-hybridized carbons (Fsp3) is 0.733. The van der Waals surface area contributed by atoms with Gasteiger partial charge in [-0.05, 0) is 38.0 Å². The van der Waals surface area contributed by atoms with Crippen molar-refractivity contribution >= 4 is 11.8 Å². The highest BCUT2D eigenvalue weighted by Gasteiger charge is 2.41. The van der Waals surface area contributed by atoms with E-state index < -0.39 is 0 Å². The Balaban J connectivity index is 1.45. The van der Waals surface area contributed by atoms with Gasteiger partial charge in [0, 0.05) is 25.6 Å². The predicted molar refractivity (Wildman–Crippen MR) is 72.3 cm³/mol. The molecule has 4 heteroatoms. The number of hydrogen-bond donors (Lipinski definition) is 1. The minimum atomic E-state index is -0.118. The van der Waals surface area contributed by atoms with Crippen LogP contribution in [0.15, 0.2) is 12.2 Å². The molecule has 1 N–H and O–H groups in total. The summed E-state index contributed by atoms with van der Waals surface area (Å²) in [6.45, 7) is 1.40. The van der Waals surface area contributed by atoms with Crippen LogP contribution < -0.4 is 5.32 Å². The molecule has 2 fully saturated rings. The highest BCUT2D eigenvalue weighted by atomic mass is 16.2. The van der Waals surface area contributed by atoms with Crippen molar-refractivity contribution in [3.8, 4) is 0 Å². The van der Waals surface area contributed by atoms with E-state index in [1.165, 1.54) is 0 Å². The van der Waals surface area contributed by atoms with Crippen molar-refractivity contribution in [2.75, 3.05) is 13.1 Å². The summed E-state index contributed by atoms with van der Waals surface area (Å²) >= 11 is 0. The van der Waals surface area contributed by atoms with Gasteiger partial charge < -0.3 is 10.2 Å². The van der Waals surface area contributed by atoms with Gasteiger partial charge in [0.25, 0.3) is 0 Å². The molecule has 1 aliphatic heterocycles. The van der Waals surface area contributed by atoms with Gasteiger partial charge in [0.15, 0.2) is 0 Å². The van der Waals surface area contributed by atoms with Crippen molar-refractivity contribution in [3.05, 3.63) is 12.2 Å². The third kappa shape index (κ3) is 2.99. The lowest BCUT2D eigenvalue weighted by molar-refractivity contribution is -0.129. The SMILES string of the molecule is O=C(NC[C@@H]1CC=CCC1)[C@@H]1CC(=O)N(C2CC2)C1. The highest BCUT2D eigenvalue weighted by Crippen LogP contribution is 2.32. The summed E-state index contributed by atoms with van der Waals surface area (Å²) < 4.78 is 0. The Morgan fingerprint density at radius 3 is 2.84 bits per heavy atom. The largest absolute Gasteiger partial charge is 0.356 e. The number of nitrogens with zero attached hydrogens (tertiary/aromatic N) is 1. The van der Waals surface area contributed by atoms with Crippen LogP contribution >= 0.6 is 0 Å². The van der Waals surface area contributed by atoms with E-state index in [0.717, 1.165) is 38.6 Å². The molecule has 3 aliphatic rings. The Morgan fingerprint density at radius 1 is 1.32 bits per heavy atom. The molecule has 1 saturated carbocycles. The molecule has 0 spiro atoms. The van der Waals surface area contributed by atoms with E-state index >= 15 is 0 Å². The summed E-state index contributed by atoms with van der Waals surface area (Å²) in [6, 6.07) is 0.439. The average molecular weight is 262 g/mol. The normalized spacial score (nSPS) is 30.7. The molecule has 0 aromatic rings. The molecule has 19 heavy (non-hydrogen) atoms. The summed E-state index contributed by atoms with van der Waals surface area (Å²) in [4.78, 5) is 25.8. The van der Waals surface area contributed by atoms with E-state index in [1.807, 2.05) is 4.90 Å². The Hall–Kier alpha value is -1.32. The number of likely N-dealkylation sites (tertiary alicyclic amines) is 1. The van der Waals surface area contributed by atoms with Crippen LogP contribution in [0.1, 0.15) is 38.5 Å². The Labute approximate surface area is 114 Å².